The van der Waals surface area contributed by atoms with Gasteiger partial charge in [0.15, 0.2) is 0 Å². The highest BCUT2D eigenvalue weighted by Crippen LogP contribution is 2.06. The molecule has 0 spiro atoms. The first-order valence-corrected chi connectivity index (χ1v) is 6.68. The van der Waals surface area contributed by atoms with E-state index >= 15 is 0 Å². The maximum absolute atomic E-state index is 11.8. The van der Waals surface area contributed by atoms with Crippen LogP contribution in [-0.4, -0.2) is 31.1 Å². The summed E-state index contributed by atoms with van der Waals surface area (Å²) in [6.45, 7) is 3.74. The lowest BCUT2D eigenvalue weighted by Gasteiger charge is -2.18. The molecular weight excluding hydrogens is 256 g/mol. The van der Waals surface area contributed by atoms with Gasteiger partial charge in [-0.25, -0.2) is 9.59 Å². The third kappa shape index (κ3) is 4.75. The van der Waals surface area contributed by atoms with Crippen molar-refractivity contribution in [3.8, 4) is 0 Å². The number of carbonyl (C=O) groups excluding carboxylic acids is 2. The maximum atomic E-state index is 11.8. The van der Waals surface area contributed by atoms with Gasteiger partial charge in [-0.3, -0.25) is 0 Å². The first-order valence-electron chi connectivity index (χ1n) is 6.68. The molecule has 2 atom stereocenters. The molecule has 0 bridgehead atoms. The summed E-state index contributed by atoms with van der Waals surface area (Å²) in [6, 6.07) is 8.02. The average molecular weight is 278 g/mol. The summed E-state index contributed by atoms with van der Waals surface area (Å²) >= 11 is 0. The first-order chi connectivity index (χ1) is 9.45. The van der Waals surface area contributed by atoms with Crippen LogP contribution in [0.5, 0.6) is 0 Å². The Balaban J connectivity index is 2.55. The van der Waals surface area contributed by atoms with Gasteiger partial charge in [0.25, 0.3) is 0 Å². The molecule has 0 heterocycles. The predicted octanol–water partition coefficient (Wildman–Crippen LogP) is 0.870. The third-order valence-corrected chi connectivity index (χ3v) is 3.03. The molecule has 0 aliphatic rings. The van der Waals surface area contributed by atoms with E-state index < -0.39 is 24.0 Å². The Hall–Kier alpha value is -1.72. The SMILES string of the molecule is CN[C@H](C(=O)OC(=O)[C@H](N)Cc1ccccc1)C(C)C. The van der Waals surface area contributed by atoms with E-state index in [4.69, 9.17) is 10.5 Å². The first kappa shape index (κ1) is 16.3. The Kier molecular flexibility index (Phi) is 6.35. The van der Waals surface area contributed by atoms with Crippen molar-refractivity contribution >= 4 is 11.9 Å². The highest BCUT2D eigenvalue weighted by molar-refractivity contribution is 5.91. The van der Waals surface area contributed by atoms with E-state index in [0.29, 0.717) is 6.42 Å². The topological polar surface area (TPSA) is 81.4 Å². The maximum Gasteiger partial charge on any atom is 0.331 e. The Bertz CT molecular complexity index is 446. The van der Waals surface area contributed by atoms with Gasteiger partial charge in [-0.15, -0.1) is 0 Å². The van der Waals surface area contributed by atoms with Crippen molar-refractivity contribution in [3.05, 3.63) is 35.9 Å². The van der Waals surface area contributed by atoms with E-state index in [1.807, 2.05) is 44.2 Å². The fourth-order valence-corrected chi connectivity index (χ4v) is 1.91. The number of nitrogens with one attached hydrogen (secondary N) is 1. The zero-order valence-corrected chi connectivity index (χ0v) is 12.1. The molecule has 20 heavy (non-hydrogen) atoms. The summed E-state index contributed by atoms with van der Waals surface area (Å²) in [5.74, 6) is -1.25. The number of ether oxygens (including phenoxy) is 1. The lowest BCUT2D eigenvalue weighted by Crippen LogP contribution is -2.44. The standard InChI is InChI=1S/C15H22N2O3/c1-10(2)13(17-3)15(19)20-14(18)12(16)9-11-7-5-4-6-8-11/h4-8,10,12-13,17H,9,16H2,1-3H3/t12-,13+/m1/s1. The summed E-state index contributed by atoms with van der Waals surface area (Å²) in [5, 5.41) is 2.83. The van der Waals surface area contributed by atoms with Crippen LogP contribution in [0.15, 0.2) is 30.3 Å². The van der Waals surface area contributed by atoms with E-state index in [1.165, 1.54) is 0 Å². The van der Waals surface area contributed by atoms with Crippen LogP contribution < -0.4 is 11.1 Å². The van der Waals surface area contributed by atoms with Crippen LogP contribution in [-0.2, 0) is 20.7 Å². The van der Waals surface area contributed by atoms with Crippen molar-refractivity contribution in [2.24, 2.45) is 11.7 Å². The molecule has 1 aromatic rings. The number of benzene rings is 1. The molecular formula is C15H22N2O3. The molecule has 0 aliphatic carbocycles. The number of carbonyl (C=O) groups is 2. The Morgan fingerprint density at radius 3 is 2.30 bits per heavy atom. The van der Waals surface area contributed by atoms with E-state index in [9.17, 15) is 9.59 Å². The number of hydrogen-bond acceptors (Lipinski definition) is 5. The highest BCUT2D eigenvalue weighted by Gasteiger charge is 2.26. The van der Waals surface area contributed by atoms with Crippen LogP contribution in [0, 0.1) is 5.92 Å². The van der Waals surface area contributed by atoms with Crippen molar-refractivity contribution in [2.75, 3.05) is 7.05 Å². The fourth-order valence-electron chi connectivity index (χ4n) is 1.91. The van der Waals surface area contributed by atoms with Crippen molar-refractivity contribution in [1.29, 1.82) is 0 Å². The van der Waals surface area contributed by atoms with Gasteiger partial charge in [-0.2, -0.15) is 0 Å². The Labute approximate surface area is 119 Å². The van der Waals surface area contributed by atoms with Gasteiger partial charge >= 0.3 is 11.9 Å². The lowest BCUT2D eigenvalue weighted by atomic mass is 10.0. The van der Waals surface area contributed by atoms with Crippen LogP contribution in [0.3, 0.4) is 0 Å². The summed E-state index contributed by atoms with van der Waals surface area (Å²) in [6.07, 6.45) is 0.346. The minimum absolute atomic E-state index is 0.0330. The minimum Gasteiger partial charge on any atom is -0.391 e. The van der Waals surface area contributed by atoms with Gasteiger partial charge in [0.05, 0.1) is 0 Å². The quantitative estimate of drug-likeness (QED) is 0.596. The normalized spacial score (nSPS) is 13.8. The fraction of sp³-hybridized carbons (Fsp3) is 0.467. The third-order valence-electron chi connectivity index (χ3n) is 3.03. The van der Waals surface area contributed by atoms with Crippen LogP contribution in [0.4, 0.5) is 0 Å². The molecule has 5 nitrogen and oxygen atoms in total. The molecule has 110 valence electrons. The molecule has 0 aliphatic heterocycles. The molecule has 0 saturated carbocycles. The van der Waals surface area contributed by atoms with Crippen molar-refractivity contribution in [2.45, 2.75) is 32.4 Å². The second-order valence-electron chi connectivity index (χ2n) is 5.05. The summed E-state index contributed by atoms with van der Waals surface area (Å²) in [7, 11) is 1.65. The molecule has 0 radical (unpaired) electrons. The monoisotopic (exact) mass is 278 g/mol. The van der Waals surface area contributed by atoms with Crippen molar-refractivity contribution < 1.29 is 14.3 Å². The molecule has 0 fully saturated rings. The Morgan fingerprint density at radius 1 is 1.20 bits per heavy atom. The number of rotatable bonds is 6. The van der Waals surface area contributed by atoms with Gasteiger partial charge in [0.1, 0.15) is 12.1 Å². The van der Waals surface area contributed by atoms with Crippen LogP contribution in [0.1, 0.15) is 19.4 Å². The largest absolute Gasteiger partial charge is 0.391 e. The minimum atomic E-state index is -0.842. The van der Waals surface area contributed by atoms with Gasteiger partial charge in [0.2, 0.25) is 0 Å². The molecule has 5 heteroatoms. The summed E-state index contributed by atoms with van der Waals surface area (Å²) < 4.78 is 4.83. The van der Waals surface area contributed by atoms with Gasteiger partial charge in [-0.1, -0.05) is 44.2 Å². The molecule has 1 aromatic carbocycles. The van der Waals surface area contributed by atoms with E-state index in [0.717, 1.165) is 5.56 Å². The Morgan fingerprint density at radius 2 is 1.80 bits per heavy atom. The number of hydrogen-bond donors (Lipinski definition) is 2. The number of esters is 2. The summed E-state index contributed by atoms with van der Waals surface area (Å²) in [5.41, 5.74) is 6.70. The lowest BCUT2D eigenvalue weighted by molar-refractivity contribution is -0.162. The van der Waals surface area contributed by atoms with Crippen LogP contribution in [0.2, 0.25) is 0 Å². The molecule has 0 amide bonds. The second-order valence-corrected chi connectivity index (χ2v) is 5.05. The molecule has 0 saturated heterocycles. The van der Waals surface area contributed by atoms with Crippen LogP contribution in [0.25, 0.3) is 0 Å². The zero-order chi connectivity index (χ0) is 15.1. The van der Waals surface area contributed by atoms with Crippen molar-refractivity contribution in [3.63, 3.8) is 0 Å². The molecule has 1 rings (SSSR count). The molecule has 0 aromatic heterocycles. The second kappa shape index (κ2) is 7.77. The zero-order valence-electron chi connectivity index (χ0n) is 12.1. The van der Waals surface area contributed by atoms with Gasteiger partial charge < -0.3 is 15.8 Å². The molecule has 0 unspecified atom stereocenters. The molecule has 3 N–H and O–H groups in total. The number of likely N-dealkylation sites (N-methyl/N-ethyl adjacent to an activating group) is 1. The van der Waals surface area contributed by atoms with E-state index in [1.54, 1.807) is 7.05 Å². The average Bonchev–Trinajstić information content (AvgIpc) is 2.40. The summed E-state index contributed by atoms with van der Waals surface area (Å²) in [4.78, 5) is 23.6. The van der Waals surface area contributed by atoms with Gasteiger partial charge in [0, 0.05) is 0 Å². The number of nitrogens with two attached hydrogens (primary N) is 1. The van der Waals surface area contributed by atoms with Crippen LogP contribution >= 0.6 is 0 Å². The van der Waals surface area contributed by atoms with Gasteiger partial charge in [-0.05, 0) is 24.9 Å². The predicted molar refractivity (Wildman–Crippen MR) is 76.9 cm³/mol. The van der Waals surface area contributed by atoms with E-state index in [2.05, 4.69) is 5.32 Å². The van der Waals surface area contributed by atoms with Crippen molar-refractivity contribution in [1.82, 2.24) is 5.32 Å². The highest BCUT2D eigenvalue weighted by atomic mass is 16.6. The smallest absolute Gasteiger partial charge is 0.331 e. The van der Waals surface area contributed by atoms with E-state index in [-0.39, 0.29) is 5.92 Å².